The first kappa shape index (κ1) is 30.3. The molecule has 4 rings (SSSR count). The van der Waals surface area contributed by atoms with E-state index in [9.17, 15) is 0 Å². The van der Waals surface area contributed by atoms with Crippen molar-refractivity contribution in [2.24, 2.45) is 0 Å². The van der Waals surface area contributed by atoms with E-state index < -0.39 is 8.80 Å². The maximum Gasteiger partial charge on any atom is 0.117 e. The normalized spacial score (nSPS) is 18.4. The zero-order chi connectivity index (χ0) is 29.9. The van der Waals surface area contributed by atoms with Crippen molar-refractivity contribution >= 4 is 24.7 Å². The van der Waals surface area contributed by atoms with E-state index >= 15 is 0 Å². The zero-order valence-electron chi connectivity index (χ0n) is 27.8. The van der Waals surface area contributed by atoms with Crippen LogP contribution in [0.15, 0.2) is 71.3 Å². The minimum absolute atomic E-state index is 0.0553. The molecule has 0 spiro atoms. The molecular formula is C39H52Si. The summed E-state index contributed by atoms with van der Waals surface area (Å²) in [5, 5.41) is 3.04. The van der Waals surface area contributed by atoms with Crippen molar-refractivity contribution in [2.75, 3.05) is 0 Å². The molecule has 0 N–H and O–H groups in total. The molecule has 1 aliphatic carbocycles. The number of hydrogen-bond acceptors (Lipinski definition) is 0. The standard InChI is InChI=1S/C39H52Si/c1-24-15-25(2)18-34(17-24)40(35-19-26(3)16-27(4)20-35)39(14)30(7)28(5)29(6)36(39)31-21-32(37(8,9)10)23-33(22-31)38(11,12)13/h15-23,40H,1-14H3. The topological polar surface area (TPSA) is 0 Å². The molecule has 0 amide bonds. The summed E-state index contributed by atoms with van der Waals surface area (Å²) in [6, 6.07) is 22.1. The molecule has 1 unspecified atom stereocenters. The molecule has 0 radical (unpaired) electrons. The lowest BCUT2D eigenvalue weighted by Gasteiger charge is -2.40. The van der Waals surface area contributed by atoms with Gasteiger partial charge in [0, 0.05) is 5.04 Å². The van der Waals surface area contributed by atoms with Gasteiger partial charge in [0.05, 0.1) is 0 Å². The Morgan fingerprint density at radius 3 is 1.23 bits per heavy atom. The first-order valence-electron chi connectivity index (χ1n) is 15.1. The SMILES string of the molecule is CC1=C(C)C(C)([SiH](c2cc(C)cc(C)c2)c2cc(C)cc(C)c2)C(c2cc(C(C)(C)C)cc(C(C)(C)C)c2)=C1C. The molecule has 40 heavy (non-hydrogen) atoms. The van der Waals surface area contributed by atoms with E-state index in [1.807, 2.05) is 0 Å². The second kappa shape index (κ2) is 10.3. The van der Waals surface area contributed by atoms with E-state index in [0.717, 1.165) is 0 Å². The van der Waals surface area contributed by atoms with E-state index in [4.69, 9.17) is 0 Å². The van der Waals surface area contributed by atoms with Gasteiger partial charge in [0.1, 0.15) is 8.80 Å². The lowest BCUT2D eigenvalue weighted by molar-refractivity contribution is 0.568. The predicted octanol–water partition coefficient (Wildman–Crippen LogP) is 9.44. The lowest BCUT2D eigenvalue weighted by atomic mass is 9.77. The number of hydrogen-bond donors (Lipinski definition) is 0. The largest absolute Gasteiger partial charge is 0.117 e. The highest BCUT2D eigenvalue weighted by Gasteiger charge is 2.48. The fourth-order valence-electron chi connectivity index (χ4n) is 7.16. The lowest BCUT2D eigenvalue weighted by Crippen LogP contribution is -2.52. The molecule has 3 aromatic rings. The second-order valence-electron chi connectivity index (χ2n) is 15.0. The summed E-state index contributed by atoms with van der Waals surface area (Å²) in [6.45, 7) is 32.9. The molecule has 0 aliphatic heterocycles. The van der Waals surface area contributed by atoms with Crippen molar-refractivity contribution < 1.29 is 0 Å². The molecule has 1 atom stereocenters. The van der Waals surface area contributed by atoms with Gasteiger partial charge in [-0.2, -0.15) is 0 Å². The molecule has 0 bridgehead atoms. The van der Waals surface area contributed by atoms with E-state index in [-0.39, 0.29) is 15.9 Å². The van der Waals surface area contributed by atoms with Gasteiger partial charge >= 0.3 is 0 Å². The van der Waals surface area contributed by atoms with Crippen molar-refractivity contribution in [1.82, 2.24) is 0 Å². The van der Waals surface area contributed by atoms with Crippen LogP contribution >= 0.6 is 0 Å². The second-order valence-corrected chi connectivity index (χ2v) is 18.4. The summed E-state index contributed by atoms with van der Waals surface area (Å²) >= 11 is 0. The van der Waals surface area contributed by atoms with Crippen LogP contribution in [-0.2, 0) is 10.8 Å². The predicted molar refractivity (Wildman–Crippen MR) is 181 cm³/mol. The monoisotopic (exact) mass is 548 g/mol. The molecule has 1 aliphatic rings. The van der Waals surface area contributed by atoms with Crippen LogP contribution in [0, 0.1) is 27.7 Å². The van der Waals surface area contributed by atoms with Gasteiger partial charge in [-0.25, -0.2) is 0 Å². The van der Waals surface area contributed by atoms with E-state index in [1.165, 1.54) is 50.1 Å². The molecule has 0 saturated heterocycles. The first-order valence-corrected chi connectivity index (χ1v) is 16.8. The number of allylic oxidation sites excluding steroid dienone is 4. The molecule has 0 nitrogen and oxygen atoms in total. The Bertz CT molecular complexity index is 1410. The van der Waals surface area contributed by atoms with Crippen molar-refractivity contribution in [2.45, 2.75) is 113 Å². The zero-order valence-corrected chi connectivity index (χ0v) is 28.9. The van der Waals surface area contributed by atoms with Gasteiger partial charge in [-0.3, -0.25) is 0 Å². The van der Waals surface area contributed by atoms with E-state index in [0.29, 0.717) is 0 Å². The Morgan fingerprint density at radius 1 is 0.500 bits per heavy atom. The highest BCUT2D eigenvalue weighted by atomic mass is 28.3. The summed E-state index contributed by atoms with van der Waals surface area (Å²) in [7, 11) is -1.82. The Morgan fingerprint density at radius 2 is 0.875 bits per heavy atom. The molecule has 0 heterocycles. The average Bonchev–Trinajstić information content (AvgIpc) is 2.96. The molecule has 3 aromatic carbocycles. The summed E-state index contributed by atoms with van der Waals surface area (Å²) in [6.07, 6.45) is 0. The van der Waals surface area contributed by atoms with Crippen LogP contribution in [0.2, 0.25) is 5.04 Å². The average molecular weight is 549 g/mol. The highest BCUT2D eigenvalue weighted by Crippen LogP contribution is 2.59. The molecular weight excluding hydrogens is 497 g/mol. The van der Waals surface area contributed by atoms with Gasteiger partial charge in [0.2, 0.25) is 0 Å². The van der Waals surface area contributed by atoms with E-state index in [2.05, 4.69) is 152 Å². The minimum Gasteiger partial charge on any atom is -0.0621 e. The van der Waals surface area contributed by atoms with Crippen LogP contribution in [0.3, 0.4) is 0 Å². The third-order valence-corrected chi connectivity index (χ3v) is 13.4. The van der Waals surface area contributed by atoms with Gasteiger partial charge in [0.25, 0.3) is 0 Å². The van der Waals surface area contributed by atoms with Crippen LogP contribution in [0.1, 0.15) is 108 Å². The van der Waals surface area contributed by atoms with Crippen LogP contribution < -0.4 is 10.4 Å². The highest BCUT2D eigenvalue weighted by molar-refractivity contribution is 6.90. The van der Waals surface area contributed by atoms with Gasteiger partial charge < -0.3 is 0 Å². The van der Waals surface area contributed by atoms with Crippen LogP contribution in [0.5, 0.6) is 0 Å². The van der Waals surface area contributed by atoms with Crippen molar-refractivity contribution in [3.63, 3.8) is 0 Å². The van der Waals surface area contributed by atoms with Gasteiger partial charge in [-0.05, 0) is 92.7 Å². The van der Waals surface area contributed by atoms with Crippen LogP contribution in [0.25, 0.3) is 5.57 Å². The maximum absolute atomic E-state index is 2.59. The molecule has 0 aromatic heterocycles. The van der Waals surface area contributed by atoms with Gasteiger partial charge in [-0.15, -0.1) is 0 Å². The Balaban J connectivity index is 2.12. The fraction of sp³-hybridized carbons (Fsp3) is 0.436. The van der Waals surface area contributed by atoms with Crippen molar-refractivity contribution in [3.8, 4) is 0 Å². The van der Waals surface area contributed by atoms with Crippen LogP contribution in [0.4, 0.5) is 0 Å². The third-order valence-electron chi connectivity index (χ3n) is 9.48. The Hall–Kier alpha value is -2.64. The Labute approximate surface area is 247 Å². The molecule has 1 heteroatoms. The van der Waals surface area contributed by atoms with Crippen LogP contribution in [-0.4, -0.2) is 8.80 Å². The minimum atomic E-state index is -1.82. The van der Waals surface area contributed by atoms with E-state index in [1.54, 1.807) is 21.5 Å². The quantitative estimate of drug-likeness (QED) is 0.285. The maximum atomic E-state index is 2.59. The number of benzene rings is 3. The molecule has 212 valence electrons. The smallest absolute Gasteiger partial charge is 0.0621 e. The van der Waals surface area contributed by atoms with Crippen molar-refractivity contribution in [3.05, 3.63) is 110 Å². The summed E-state index contributed by atoms with van der Waals surface area (Å²) in [5.74, 6) is 0. The molecule has 0 saturated carbocycles. The number of rotatable bonds is 4. The van der Waals surface area contributed by atoms with Crippen molar-refractivity contribution in [1.29, 1.82) is 0 Å². The summed E-state index contributed by atoms with van der Waals surface area (Å²) < 4.78 is 0. The number of aryl methyl sites for hydroxylation is 4. The fourth-order valence-corrected chi connectivity index (χ4v) is 11.9. The third kappa shape index (κ3) is 5.47. The summed E-state index contributed by atoms with van der Waals surface area (Å²) in [4.78, 5) is 0. The first-order chi connectivity index (χ1) is 18.3. The summed E-state index contributed by atoms with van der Waals surface area (Å²) in [5.41, 5.74) is 15.9. The van der Waals surface area contributed by atoms with Gasteiger partial charge in [-0.1, -0.05) is 141 Å². The Kier molecular flexibility index (Phi) is 7.82. The molecule has 0 fully saturated rings. The van der Waals surface area contributed by atoms with Gasteiger partial charge in [0.15, 0.2) is 0 Å².